The normalized spacial score (nSPS) is 13.7. The van der Waals surface area contributed by atoms with Gasteiger partial charge in [0.15, 0.2) is 0 Å². The van der Waals surface area contributed by atoms with Crippen LogP contribution in [0.4, 0.5) is 0 Å². The Labute approximate surface area is 181 Å². The van der Waals surface area contributed by atoms with Crippen LogP contribution in [-0.2, 0) is 0 Å². The Balaban J connectivity index is 4.28. The summed E-state index contributed by atoms with van der Waals surface area (Å²) >= 11 is 0. The lowest BCUT2D eigenvalue weighted by Gasteiger charge is -2.24. The monoisotopic (exact) mass is 394 g/mol. The van der Waals surface area contributed by atoms with E-state index in [0.29, 0.717) is 0 Å². The summed E-state index contributed by atoms with van der Waals surface area (Å²) in [4.78, 5) is 0. The predicted molar refractivity (Wildman–Crippen MR) is 131 cm³/mol. The first-order valence-corrected chi connectivity index (χ1v) is 13.8. The van der Waals surface area contributed by atoms with Gasteiger partial charge in [0.1, 0.15) is 0 Å². The molecule has 0 aromatic carbocycles. The Bertz CT molecular complexity index is 269. The lowest BCUT2D eigenvalue weighted by atomic mass is 9.82. The number of unbranched alkanes of at least 4 members (excludes halogenated alkanes) is 13. The second kappa shape index (κ2) is 23.3. The molecule has 0 fully saturated rings. The quantitative estimate of drug-likeness (QED) is 0.151. The van der Waals surface area contributed by atoms with E-state index in [0.717, 1.165) is 11.8 Å². The molecule has 0 rings (SSSR count). The average Bonchev–Trinajstić information content (AvgIpc) is 2.70. The van der Waals surface area contributed by atoms with Crippen LogP contribution in [0.2, 0.25) is 0 Å². The van der Waals surface area contributed by atoms with Gasteiger partial charge in [0.05, 0.1) is 0 Å². The molecule has 0 aliphatic heterocycles. The van der Waals surface area contributed by atoms with Crippen molar-refractivity contribution in [1.29, 1.82) is 0 Å². The highest BCUT2D eigenvalue weighted by molar-refractivity contribution is 4.69. The second-order valence-electron chi connectivity index (χ2n) is 9.72. The third kappa shape index (κ3) is 19.3. The lowest BCUT2D eigenvalue weighted by molar-refractivity contribution is 0.284. The Kier molecular flexibility index (Phi) is 23.3. The highest BCUT2D eigenvalue weighted by atomic mass is 14.2. The molecule has 2 unspecified atom stereocenters. The van der Waals surface area contributed by atoms with Gasteiger partial charge in [-0.3, -0.25) is 0 Å². The summed E-state index contributed by atoms with van der Waals surface area (Å²) in [7, 11) is 0. The predicted octanol–water partition coefficient (Wildman–Crippen LogP) is 10.9. The molecule has 170 valence electrons. The lowest BCUT2D eigenvalue weighted by Crippen LogP contribution is -2.10. The molecule has 0 heterocycles. The van der Waals surface area contributed by atoms with Gasteiger partial charge in [0, 0.05) is 0 Å². The third-order valence-electron chi connectivity index (χ3n) is 6.78. The van der Waals surface area contributed by atoms with E-state index >= 15 is 0 Å². The highest BCUT2D eigenvalue weighted by Gasteiger charge is 2.16. The van der Waals surface area contributed by atoms with E-state index in [2.05, 4.69) is 27.7 Å². The minimum atomic E-state index is 1.03. The van der Waals surface area contributed by atoms with Gasteiger partial charge in [0.2, 0.25) is 0 Å². The molecule has 0 aliphatic carbocycles. The van der Waals surface area contributed by atoms with Crippen LogP contribution in [-0.4, -0.2) is 0 Å². The van der Waals surface area contributed by atoms with Crippen molar-refractivity contribution in [1.82, 2.24) is 0 Å². The van der Waals surface area contributed by atoms with Gasteiger partial charge in [-0.15, -0.1) is 0 Å². The Morgan fingerprint density at radius 3 is 1.04 bits per heavy atom. The summed E-state index contributed by atoms with van der Waals surface area (Å²) in [5.74, 6) is 2.05. The number of rotatable bonds is 23. The van der Waals surface area contributed by atoms with Crippen molar-refractivity contribution in [3.8, 4) is 0 Å². The van der Waals surface area contributed by atoms with Crippen LogP contribution in [0.1, 0.15) is 169 Å². The molecule has 0 saturated heterocycles. The summed E-state index contributed by atoms with van der Waals surface area (Å²) in [5.41, 5.74) is 0. The largest absolute Gasteiger partial charge is 0.0654 e. The molecule has 0 spiro atoms. The maximum Gasteiger partial charge on any atom is -0.0412 e. The summed E-state index contributed by atoms with van der Waals surface area (Å²) in [6.07, 6.45) is 32.2. The molecule has 0 aromatic rings. The van der Waals surface area contributed by atoms with Crippen LogP contribution < -0.4 is 0 Å². The van der Waals surface area contributed by atoms with Crippen LogP contribution in [0, 0.1) is 11.8 Å². The molecule has 28 heavy (non-hydrogen) atoms. The van der Waals surface area contributed by atoms with Crippen molar-refractivity contribution in [3.63, 3.8) is 0 Å². The van der Waals surface area contributed by atoms with Gasteiger partial charge in [-0.05, 0) is 18.3 Å². The smallest absolute Gasteiger partial charge is 0.0412 e. The zero-order chi connectivity index (χ0) is 20.7. The first-order valence-electron chi connectivity index (χ1n) is 13.8. The zero-order valence-corrected chi connectivity index (χ0v) is 20.7. The van der Waals surface area contributed by atoms with Crippen molar-refractivity contribution >= 4 is 0 Å². The van der Waals surface area contributed by atoms with Gasteiger partial charge < -0.3 is 0 Å². The minimum Gasteiger partial charge on any atom is -0.0654 e. The fraction of sp³-hybridized carbons (Fsp3) is 1.00. The molecule has 0 N–H and O–H groups in total. The Morgan fingerprint density at radius 2 is 0.607 bits per heavy atom. The second-order valence-corrected chi connectivity index (χ2v) is 9.72. The zero-order valence-electron chi connectivity index (χ0n) is 20.7. The van der Waals surface area contributed by atoms with E-state index in [1.165, 1.54) is 135 Å². The molecule has 0 aliphatic rings. The van der Waals surface area contributed by atoms with Gasteiger partial charge >= 0.3 is 0 Å². The summed E-state index contributed by atoms with van der Waals surface area (Å²) in [6, 6.07) is 0. The standard InChI is InChI=1S/C28H58/c1-5-9-13-15-17-20-24-27(22-12-8-4)26-28(23-19-11-7-3)25-21-18-16-14-10-6-2/h27-28H,5-26H2,1-4H3. The topological polar surface area (TPSA) is 0 Å². The third-order valence-corrected chi connectivity index (χ3v) is 6.78. The molecule has 0 saturated carbocycles. The van der Waals surface area contributed by atoms with Crippen molar-refractivity contribution in [2.24, 2.45) is 11.8 Å². The number of hydrogen-bond acceptors (Lipinski definition) is 0. The first kappa shape index (κ1) is 28.0. The van der Waals surface area contributed by atoms with Gasteiger partial charge in [0.25, 0.3) is 0 Å². The summed E-state index contributed by atoms with van der Waals surface area (Å²) < 4.78 is 0. The highest BCUT2D eigenvalue weighted by Crippen LogP contribution is 2.30. The fourth-order valence-corrected chi connectivity index (χ4v) is 4.83. The van der Waals surface area contributed by atoms with Crippen LogP contribution >= 0.6 is 0 Å². The van der Waals surface area contributed by atoms with Crippen LogP contribution in [0.3, 0.4) is 0 Å². The Hall–Kier alpha value is 0. The molecule has 0 nitrogen and oxygen atoms in total. The Morgan fingerprint density at radius 1 is 0.321 bits per heavy atom. The number of hydrogen-bond donors (Lipinski definition) is 0. The summed E-state index contributed by atoms with van der Waals surface area (Å²) in [6.45, 7) is 9.37. The molecule has 0 heteroatoms. The van der Waals surface area contributed by atoms with E-state index < -0.39 is 0 Å². The average molecular weight is 395 g/mol. The van der Waals surface area contributed by atoms with E-state index in [4.69, 9.17) is 0 Å². The van der Waals surface area contributed by atoms with Gasteiger partial charge in [-0.1, -0.05) is 163 Å². The molecular formula is C28H58. The fourth-order valence-electron chi connectivity index (χ4n) is 4.83. The molecule has 0 amide bonds. The maximum absolute atomic E-state index is 2.37. The first-order chi connectivity index (χ1) is 13.8. The minimum absolute atomic E-state index is 1.03. The molecular weight excluding hydrogens is 336 g/mol. The van der Waals surface area contributed by atoms with E-state index in [9.17, 15) is 0 Å². The van der Waals surface area contributed by atoms with Crippen molar-refractivity contribution in [2.45, 2.75) is 169 Å². The molecule has 0 aromatic heterocycles. The maximum atomic E-state index is 2.37. The van der Waals surface area contributed by atoms with Crippen LogP contribution in [0.15, 0.2) is 0 Å². The van der Waals surface area contributed by atoms with Gasteiger partial charge in [-0.25, -0.2) is 0 Å². The van der Waals surface area contributed by atoms with Crippen molar-refractivity contribution in [2.75, 3.05) is 0 Å². The van der Waals surface area contributed by atoms with E-state index in [-0.39, 0.29) is 0 Å². The molecule has 2 atom stereocenters. The SMILES string of the molecule is CCCCCCCCC(CCCC)CC(CCCCC)CCCCCCCC. The van der Waals surface area contributed by atoms with E-state index in [1.54, 1.807) is 6.42 Å². The molecule has 0 bridgehead atoms. The van der Waals surface area contributed by atoms with Crippen LogP contribution in [0.25, 0.3) is 0 Å². The van der Waals surface area contributed by atoms with Gasteiger partial charge in [-0.2, -0.15) is 0 Å². The molecule has 0 radical (unpaired) electrons. The van der Waals surface area contributed by atoms with Crippen molar-refractivity contribution in [3.05, 3.63) is 0 Å². The van der Waals surface area contributed by atoms with Crippen molar-refractivity contribution < 1.29 is 0 Å². The van der Waals surface area contributed by atoms with Crippen LogP contribution in [0.5, 0.6) is 0 Å². The summed E-state index contributed by atoms with van der Waals surface area (Å²) in [5, 5.41) is 0. The van der Waals surface area contributed by atoms with E-state index in [1.807, 2.05) is 0 Å².